The highest BCUT2D eigenvalue weighted by Gasteiger charge is 2.48. The van der Waals surface area contributed by atoms with Gasteiger partial charge in [-0.15, -0.1) is 0 Å². The molecular weight excluding hydrogens is 256 g/mol. The Morgan fingerprint density at radius 2 is 1.95 bits per heavy atom. The first-order chi connectivity index (χ1) is 9.08. The number of carboxylic acid groups (broad SMARTS) is 1. The summed E-state index contributed by atoms with van der Waals surface area (Å²) >= 11 is 0. The molecule has 0 bridgehead atoms. The number of hydrogen-bond acceptors (Lipinski definition) is 3. The fraction of sp³-hybridized carbons (Fsp3) is 0.867. The van der Waals surface area contributed by atoms with E-state index < -0.39 is 11.4 Å². The van der Waals surface area contributed by atoms with Crippen LogP contribution >= 0.6 is 0 Å². The van der Waals surface area contributed by atoms with Gasteiger partial charge in [-0.25, -0.2) is 0 Å². The molecule has 116 valence electrons. The maximum absolute atomic E-state index is 12.2. The fourth-order valence-corrected chi connectivity index (χ4v) is 2.64. The fourth-order valence-electron chi connectivity index (χ4n) is 2.64. The van der Waals surface area contributed by atoms with Crippen LogP contribution in [0.15, 0.2) is 0 Å². The van der Waals surface area contributed by atoms with Crippen LogP contribution in [0.3, 0.4) is 0 Å². The number of rotatable bonds is 5. The standard InChI is InChI=1S/C15H28N2O3/c1-11(2)15(13(19)20)7-9-17(10-15)12(18)6-8-16-14(3,4)5/h11,16H,6-10H2,1-5H3,(H,19,20). The highest BCUT2D eigenvalue weighted by atomic mass is 16.4. The zero-order valence-electron chi connectivity index (χ0n) is 13.3. The van der Waals surface area contributed by atoms with Crippen LogP contribution < -0.4 is 5.32 Å². The van der Waals surface area contributed by atoms with Crippen LogP contribution in [0.5, 0.6) is 0 Å². The summed E-state index contributed by atoms with van der Waals surface area (Å²) in [4.78, 5) is 25.4. The molecule has 2 N–H and O–H groups in total. The Morgan fingerprint density at radius 1 is 1.35 bits per heavy atom. The van der Waals surface area contributed by atoms with E-state index in [1.807, 2.05) is 13.8 Å². The van der Waals surface area contributed by atoms with E-state index in [2.05, 4.69) is 26.1 Å². The van der Waals surface area contributed by atoms with Crippen molar-refractivity contribution in [1.82, 2.24) is 10.2 Å². The molecule has 0 saturated carbocycles. The van der Waals surface area contributed by atoms with Crippen LogP contribution in [0, 0.1) is 11.3 Å². The second-order valence-corrected chi connectivity index (χ2v) is 7.11. The number of likely N-dealkylation sites (tertiary alicyclic amines) is 1. The van der Waals surface area contributed by atoms with E-state index in [9.17, 15) is 14.7 Å². The van der Waals surface area contributed by atoms with Crippen molar-refractivity contribution in [3.8, 4) is 0 Å². The van der Waals surface area contributed by atoms with E-state index in [0.717, 1.165) is 0 Å². The number of hydrogen-bond donors (Lipinski definition) is 2. The number of carbonyl (C=O) groups excluding carboxylic acids is 1. The molecule has 0 aromatic carbocycles. The molecule has 1 atom stereocenters. The van der Waals surface area contributed by atoms with Gasteiger partial charge in [0.05, 0.1) is 5.41 Å². The molecule has 1 aliphatic rings. The Bertz CT molecular complexity index is 374. The lowest BCUT2D eigenvalue weighted by Gasteiger charge is -2.28. The predicted octanol–water partition coefficient (Wildman–Crippen LogP) is 1.72. The Hall–Kier alpha value is -1.10. The predicted molar refractivity (Wildman–Crippen MR) is 78.5 cm³/mol. The summed E-state index contributed by atoms with van der Waals surface area (Å²) in [5.74, 6) is -0.702. The Morgan fingerprint density at radius 3 is 2.35 bits per heavy atom. The third-order valence-electron chi connectivity index (χ3n) is 4.18. The van der Waals surface area contributed by atoms with E-state index in [-0.39, 0.29) is 17.4 Å². The Labute approximate surface area is 121 Å². The third-order valence-corrected chi connectivity index (χ3v) is 4.18. The van der Waals surface area contributed by atoms with E-state index >= 15 is 0 Å². The molecule has 5 heteroatoms. The molecule has 0 aliphatic carbocycles. The molecule has 1 amide bonds. The zero-order chi connectivity index (χ0) is 15.6. The Kier molecular flexibility index (Phi) is 5.19. The highest BCUT2D eigenvalue weighted by Crippen LogP contribution is 2.38. The molecule has 1 unspecified atom stereocenters. The summed E-state index contributed by atoms with van der Waals surface area (Å²) in [5, 5.41) is 12.7. The van der Waals surface area contributed by atoms with E-state index in [0.29, 0.717) is 32.5 Å². The lowest BCUT2D eigenvalue weighted by atomic mass is 9.76. The molecule has 1 fully saturated rings. The van der Waals surface area contributed by atoms with Gasteiger partial charge in [0.1, 0.15) is 0 Å². The molecule has 5 nitrogen and oxygen atoms in total. The Balaban J connectivity index is 2.55. The molecular formula is C15H28N2O3. The smallest absolute Gasteiger partial charge is 0.311 e. The second-order valence-electron chi connectivity index (χ2n) is 7.11. The van der Waals surface area contributed by atoms with Gasteiger partial charge in [0.15, 0.2) is 0 Å². The minimum atomic E-state index is -0.782. The molecule has 1 rings (SSSR count). The van der Waals surface area contributed by atoms with Gasteiger partial charge in [0.25, 0.3) is 0 Å². The minimum absolute atomic E-state index is 0.00591. The lowest BCUT2D eigenvalue weighted by molar-refractivity contribution is -0.151. The van der Waals surface area contributed by atoms with Gasteiger partial charge >= 0.3 is 5.97 Å². The van der Waals surface area contributed by atoms with Gasteiger partial charge in [-0.2, -0.15) is 0 Å². The molecule has 0 aromatic heterocycles. The summed E-state index contributed by atoms with van der Waals surface area (Å²) in [6.45, 7) is 11.5. The monoisotopic (exact) mass is 284 g/mol. The number of nitrogens with one attached hydrogen (secondary N) is 1. The summed E-state index contributed by atoms with van der Waals surface area (Å²) in [6.07, 6.45) is 0.976. The first-order valence-electron chi connectivity index (χ1n) is 7.35. The number of amides is 1. The molecule has 1 aliphatic heterocycles. The summed E-state index contributed by atoms with van der Waals surface area (Å²) < 4.78 is 0. The number of carbonyl (C=O) groups is 2. The van der Waals surface area contributed by atoms with Crippen LogP contribution in [0.25, 0.3) is 0 Å². The number of aliphatic carboxylic acids is 1. The van der Waals surface area contributed by atoms with Gasteiger partial charge in [-0.1, -0.05) is 13.8 Å². The average Bonchev–Trinajstić information content (AvgIpc) is 2.73. The van der Waals surface area contributed by atoms with E-state index in [1.54, 1.807) is 4.90 Å². The largest absolute Gasteiger partial charge is 0.481 e. The van der Waals surface area contributed by atoms with Gasteiger partial charge in [0, 0.05) is 31.6 Å². The molecule has 1 saturated heterocycles. The van der Waals surface area contributed by atoms with Gasteiger partial charge in [-0.05, 0) is 33.1 Å². The molecule has 0 spiro atoms. The van der Waals surface area contributed by atoms with Crippen LogP contribution in [-0.2, 0) is 9.59 Å². The van der Waals surface area contributed by atoms with Crippen molar-refractivity contribution in [2.75, 3.05) is 19.6 Å². The van der Waals surface area contributed by atoms with Crippen molar-refractivity contribution in [2.45, 2.75) is 53.0 Å². The quantitative estimate of drug-likeness (QED) is 0.806. The minimum Gasteiger partial charge on any atom is -0.481 e. The normalized spacial score (nSPS) is 23.4. The lowest BCUT2D eigenvalue weighted by Crippen LogP contribution is -2.42. The van der Waals surface area contributed by atoms with Gasteiger partial charge in [-0.3, -0.25) is 9.59 Å². The molecule has 1 heterocycles. The van der Waals surface area contributed by atoms with Crippen LogP contribution in [0.1, 0.15) is 47.5 Å². The third kappa shape index (κ3) is 3.95. The van der Waals surface area contributed by atoms with E-state index in [1.165, 1.54) is 0 Å². The van der Waals surface area contributed by atoms with Crippen molar-refractivity contribution in [3.63, 3.8) is 0 Å². The number of carboxylic acids is 1. The topological polar surface area (TPSA) is 69.6 Å². The molecule has 20 heavy (non-hydrogen) atoms. The van der Waals surface area contributed by atoms with Crippen LogP contribution in [0.4, 0.5) is 0 Å². The molecule has 0 radical (unpaired) electrons. The first kappa shape index (κ1) is 17.0. The number of nitrogens with zero attached hydrogens (tertiary/aromatic N) is 1. The van der Waals surface area contributed by atoms with Crippen molar-refractivity contribution in [3.05, 3.63) is 0 Å². The van der Waals surface area contributed by atoms with E-state index in [4.69, 9.17) is 0 Å². The van der Waals surface area contributed by atoms with Crippen molar-refractivity contribution in [2.24, 2.45) is 11.3 Å². The maximum Gasteiger partial charge on any atom is 0.311 e. The SMILES string of the molecule is CC(C)C1(C(=O)O)CCN(C(=O)CCNC(C)(C)C)C1. The van der Waals surface area contributed by atoms with Crippen molar-refractivity contribution < 1.29 is 14.7 Å². The van der Waals surface area contributed by atoms with Crippen molar-refractivity contribution in [1.29, 1.82) is 0 Å². The summed E-state index contributed by atoms with van der Waals surface area (Å²) in [6, 6.07) is 0. The zero-order valence-corrected chi connectivity index (χ0v) is 13.3. The van der Waals surface area contributed by atoms with Crippen molar-refractivity contribution >= 4 is 11.9 Å². The maximum atomic E-state index is 12.2. The highest BCUT2D eigenvalue weighted by molar-refractivity contribution is 5.81. The first-order valence-corrected chi connectivity index (χ1v) is 7.35. The van der Waals surface area contributed by atoms with Crippen LogP contribution in [-0.4, -0.2) is 47.1 Å². The molecule has 0 aromatic rings. The van der Waals surface area contributed by atoms with Gasteiger partial charge in [0.2, 0.25) is 5.91 Å². The average molecular weight is 284 g/mol. The second kappa shape index (κ2) is 6.12. The van der Waals surface area contributed by atoms with Gasteiger partial charge < -0.3 is 15.3 Å². The summed E-state index contributed by atoms with van der Waals surface area (Å²) in [7, 11) is 0. The van der Waals surface area contributed by atoms with Crippen LogP contribution in [0.2, 0.25) is 0 Å². The summed E-state index contributed by atoms with van der Waals surface area (Å²) in [5.41, 5.74) is -0.777.